The van der Waals surface area contributed by atoms with Crippen LogP contribution in [0.15, 0.2) is 54.6 Å². The van der Waals surface area contributed by atoms with Gasteiger partial charge in [-0.05, 0) is 49.2 Å². The predicted octanol–water partition coefficient (Wildman–Crippen LogP) is 3.97. The van der Waals surface area contributed by atoms with Gasteiger partial charge in [0, 0.05) is 6.54 Å². The molecule has 0 bridgehead atoms. The largest absolute Gasteiger partial charge is 0.497 e. The molecule has 0 unspecified atom stereocenters. The van der Waals surface area contributed by atoms with E-state index in [1.165, 1.54) is 31.2 Å². The summed E-state index contributed by atoms with van der Waals surface area (Å²) in [4.78, 5) is 15.0. The Morgan fingerprint density at radius 2 is 1.67 bits per heavy atom. The lowest BCUT2D eigenvalue weighted by Gasteiger charge is -2.31. The third kappa shape index (κ3) is 5.83. The van der Waals surface area contributed by atoms with Gasteiger partial charge in [0.05, 0.1) is 19.6 Å². The standard InChI is InChI=1S/C23H30N2O2/c1-27-21-13-11-20(12-14-21)22(25-15-7-2-3-8-16-25)18-24-23(26)17-19-9-5-4-6-10-19/h4-6,9-14,22H,2-3,7-8,15-18H2,1H3,(H,24,26)/t22-/m0/s1. The molecule has 4 nitrogen and oxygen atoms in total. The van der Waals surface area contributed by atoms with E-state index in [1.54, 1.807) is 7.11 Å². The minimum atomic E-state index is 0.0783. The van der Waals surface area contributed by atoms with Gasteiger partial charge in [0.15, 0.2) is 0 Å². The summed E-state index contributed by atoms with van der Waals surface area (Å²) in [6.45, 7) is 2.81. The Labute approximate surface area is 162 Å². The quantitative estimate of drug-likeness (QED) is 0.806. The predicted molar refractivity (Wildman–Crippen MR) is 109 cm³/mol. The second kappa shape index (κ2) is 10.1. The summed E-state index contributed by atoms with van der Waals surface area (Å²) in [5.41, 5.74) is 2.28. The Morgan fingerprint density at radius 3 is 2.30 bits per heavy atom. The summed E-state index contributed by atoms with van der Waals surface area (Å²) in [5.74, 6) is 0.941. The number of hydrogen-bond acceptors (Lipinski definition) is 3. The number of carbonyl (C=O) groups is 1. The fraction of sp³-hybridized carbons (Fsp3) is 0.435. The van der Waals surface area contributed by atoms with E-state index in [-0.39, 0.29) is 11.9 Å². The van der Waals surface area contributed by atoms with Crippen molar-refractivity contribution in [3.8, 4) is 5.75 Å². The fourth-order valence-corrected chi connectivity index (χ4v) is 3.74. The number of benzene rings is 2. The van der Waals surface area contributed by atoms with E-state index in [0.29, 0.717) is 13.0 Å². The number of methoxy groups -OCH3 is 1. The topological polar surface area (TPSA) is 41.6 Å². The Hall–Kier alpha value is -2.33. The van der Waals surface area contributed by atoms with Crippen LogP contribution in [0, 0.1) is 0 Å². The van der Waals surface area contributed by atoms with Crippen molar-refractivity contribution in [1.82, 2.24) is 10.2 Å². The lowest BCUT2D eigenvalue weighted by atomic mass is 10.0. The molecule has 1 N–H and O–H groups in total. The summed E-state index contributed by atoms with van der Waals surface area (Å²) in [6, 6.07) is 18.4. The normalized spacial score (nSPS) is 16.3. The van der Waals surface area contributed by atoms with Crippen LogP contribution in [-0.2, 0) is 11.2 Å². The third-order valence-corrected chi connectivity index (χ3v) is 5.28. The van der Waals surface area contributed by atoms with Gasteiger partial charge in [-0.2, -0.15) is 0 Å². The molecule has 27 heavy (non-hydrogen) atoms. The molecule has 2 aromatic rings. The average Bonchev–Trinajstić information content (AvgIpc) is 2.99. The molecule has 1 fully saturated rings. The Kier molecular flexibility index (Phi) is 7.28. The van der Waals surface area contributed by atoms with Crippen molar-refractivity contribution in [2.24, 2.45) is 0 Å². The van der Waals surface area contributed by atoms with Crippen molar-refractivity contribution in [2.75, 3.05) is 26.7 Å². The molecular weight excluding hydrogens is 336 g/mol. The van der Waals surface area contributed by atoms with Crippen molar-refractivity contribution < 1.29 is 9.53 Å². The van der Waals surface area contributed by atoms with Crippen LogP contribution in [0.2, 0.25) is 0 Å². The molecule has 1 aliphatic rings. The molecule has 0 aliphatic carbocycles. The van der Waals surface area contributed by atoms with Gasteiger partial charge in [0.25, 0.3) is 0 Å². The van der Waals surface area contributed by atoms with E-state index in [1.807, 2.05) is 42.5 Å². The average molecular weight is 367 g/mol. The smallest absolute Gasteiger partial charge is 0.224 e. The molecule has 0 spiro atoms. The van der Waals surface area contributed by atoms with Crippen LogP contribution in [-0.4, -0.2) is 37.6 Å². The zero-order valence-electron chi connectivity index (χ0n) is 16.2. The molecule has 1 atom stereocenters. The summed E-state index contributed by atoms with van der Waals surface area (Å²) >= 11 is 0. The molecule has 0 saturated carbocycles. The molecule has 1 heterocycles. The van der Waals surface area contributed by atoms with Crippen molar-refractivity contribution in [3.63, 3.8) is 0 Å². The lowest BCUT2D eigenvalue weighted by Crippen LogP contribution is -2.39. The number of amides is 1. The molecule has 0 aromatic heterocycles. The van der Waals surface area contributed by atoms with E-state index in [4.69, 9.17) is 4.74 Å². The molecule has 1 amide bonds. The van der Waals surface area contributed by atoms with Crippen LogP contribution >= 0.6 is 0 Å². The summed E-state index contributed by atoms with van der Waals surface area (Å²) in [5, 5.41) is 3.16. The summed E-state index contributed by atoms with van der Waals surface area (Å²) < 4.78 is 5.30. The molecule has 4 heteroatoms. The van der Waals surface area contributed by atoms with Gasteiger partial charge >= 0.3 is 0 Å². The minimum Gasteiger partial charge on any atom is -0.497 e. The second-order valence-corrected chi connectivity index (χ2v) is 7.21. The maximum absolute atomic E-state index is 12.4. The van der Waals surface area contributed by atoms with E-state index in [2.05, 4.69) is 22.3 Å². The van der Waals surface area contributed by atoms with Gasteiger partial charge in [0.2, 0.25) is 5.91 Å². The van der Waals surface area contributed by atoms with Crippen molar-refractivity contribution in [3.05, 3.63) is 65.7 Å². The van der Waals surface area contributed by atoms with Gasteiger partial charge in [-0.3, -0.25) is 9.69 Å². The first kappa shape index (κ1) is 19.4. The Morgan fingerprint density at radius 1 is 1.00 bits per heavy atom. The van der Waals surface area contributed by atoms with E-state index in [9.17, 15) is 4.79 Å². The maximum atomic E-state index is 12.4. The first-order chi connectivity index (χ1) is 13.3. The van der Waals surface area contributed by atoms with E-state index in [0.717, 1.165) is 24.4 Å². The summed E-state index contributed by atoms with van der Waals surface area (Å²) in [7, 11) is 1.69. The summed E-state index contributed by atoms with van der Waals surface area (Å²) in [6.07, 6.45) is 5.48. The van der Waals surface area contributed by atoms with E-state index < -0.39 is 0 Å². The van der Waals surface area contributed by atoms with Crippen molar-refractivity contribution >= 4 is 5.91 Å². The number of ether oxygens (including phenoxy) is 1. The molecule has 1 saturated heterocycles. The molecule has 0 radical (unpaired) electrons. The highest BCUT2D eigenvalue weighted by Crippen LogP contribution is 2.25. The number of hydrogen-bond donors (Lipinski definition) is 1. The molecular formula is C23H30N2O2. The third-order valence-electron chi connectivity index (χ3n) is 5.28. The highest BCUT2D eigenvalue weighted by molar-refractivity contribution is 5.78. The molecule has 144 valence electrons. The van der Waals surface area contributed by atoms with Crippen molar-refractivity contribution in [2.45, 2.75) is 38.1 Å². The monoisotopic (exact) mass is 366 g/mol. The van der Waals surface area contributed by atoms with Crippen LogP contribution in [0.5, 0.6) is 5.75 Å². The molecule has 2 aromatic carbocycles. The lowest BCUT2D eigenvalue weighted by molar-refractivity contribution is -0.120. The number of nitrogens with one attached hydrogen (secondary N) is 1. The van der Waals surface area contributed by atoms with Crippen LogP contribution in [0.25, 0.3) is 0 Å². The van der Waals surface area contributed by atoms with Gasteiger partial charge in [-0.25, -0.2) is 0 Å². The first-order valence-electron chi connectivity index (χ1n) is 9.95. The highest BCUT2D eigenvalue weighted by Gasteiger charge is 2.22. The highest BCUT2D eigenvalue weighted by atomic mass is 16.5. The van der Waals surface area contributed by atoms with Gasteiger partial charge in [-0.1, -0.05) is 55.3 Å². The fourth-order valence-electron chi connectivity index (χ4n) is 3.74. The molecule has 3 rings (SSSR count). The minimum absolute atomic E-state index is 0.0783. The van der Waals surface area contributed by atoms with E-state index >= 15 is 0 Å². The second-order valence-electron chi connectivity index (χ2n) is 7.21. The number of carbonyl (C=O) groups excluding carboxylic acids is 1. The number of rotatable bonds is 7. The Bertz CT molecular complexity index is 692. The zero-order chi connectivity index (χ0) is 18.9. The van der Waals surface area contributed by atoms with Crippen molar-refractivity contribution in [1.29, 1.82) is 0 Å². The van der Waals surface area contributed by atoms with Crippen LogP contribution < -0.4 is 10.1 Å². The number of likely N-dealkylation sites (tertiary alicyclic amines) is 1. The zero-order valence-corrected chi connectivity index (χ0v) is 16.2. The van der Waals surface area contributed by atoms with Gasteiger partial charge < -0.3 is 10.1 Å². The Balaban J connectivity index is 1.67. The SMILES string of the molecule is COc1ccc([C@H](CNC(=O)Cc2ccccc2)N2CCCCCC2)cc1. The van der Waals surface area contributed by atoms with Crippen LogP contribution in [0.3, 0.4) is 0 Å². The van der Waals surface area contributed by atoms with Gasteiger partial charge in [-0.15, -0.1) is 0 Å². The van der Waals surface area contributed by atoms with Crippen LogP contribution in [0.4, 0.5) is 0 Å². The van der Waals surface area contributed by atoms with Gasteiger partial charge in [0.1, 0.15) is 5.75 Å². The maximum Gasteiger partial charge on any atom is 0.224 e. The molecule has 1 aliphatic heterocycles. The first-order valence-corrected chi connectivity index (χ1v) is 9.95. The number of nitrogens with zero attached hydrogens (tertiary/aromatic N) is 1. The van der Waals surface area contributed by atoms with Crippen LogP contribution in [0.1, 0.15) is 42.9 Å².